The van der Waals surface area contributed by atoms with Gasteiger partial charge in [0.2, 0.25) is 5.91 Å². The molecule has 2 N–H and O–H groups in total. The van der Waals surface area contributed by atoms with Crippen LogP contribution in [0.1, 0.15) is 39.0 Å². The van der Waals surface area contributed by atoms with Crippen molar-refractivity contribution >= 4 is 5.91 Å². The Morgan fingerprint density at radius 1 is 1.25 bits per heavy atom. The summed E-state index contributed by atoms with van der Waals surface area (Å²) in [6.07, 6.45) is 6.10. The molecule has 90 valence electrons. The molecule has 0 saturated heterocycles. The van der Waals surface area contributed by atoms with Crippen LogP contribution in [0.5, 0.6) is 0 Å². The zero-order valence-corrected chi connectivity index (χ0v) is 10.1. The smallest absolute Gasteiger partial charge is 0.227 e. The molecule has 2 bridgehead atoms. The summed E-state index contributed by atoms with van der Waals surface area (Å²) in [5, 5.41) is 0. The highest BCUT2D eigenvalue weighted by Crippen LogP contribution is 2.48. The van der Waals surface area contributed by atoms with E-state index in [1.54, 1.807) is 0 Å². The number of nitrogens with two attached hydrogens (primary N) is 1. The van der Waals surface area contributed by atoms with E-state index < -0.39 is 0 Å². The first kappa shape index (κ1) is 10.6. The van der Waals surface area contributed by atoms with Crippen LogP contribution in [0.3, 0.4) is 0 Å². The SMILES string of the molecule is CCN(C(=O)C1C2CCC(C2)C1N)C1CC1. The monoisotopic (exact) mass is 222 g/mol. The van der Waals surface area contributed by atoms with Crippen LogP contribution in [-0.4, -0.2) is 29.4 Å². The van der Waals surface area contributed by atoms with E-state index in [0.717, 1.165) is 6.54 Å². The van der Waals surface area contributed by atoms with Gasteiger partial charge >= 0.3 is 0 Å². The van der Waals surface area contributed by atoms with Crippen LogP contribution in [0, 0.1) is 17.8 Å². The van der Waals surface area contributed by atoms with Crippen LogP contribution in [0.2, 0.25) is 0 Å². The first-order valence-electron chi connectivity index (χ1n) is 6.78. The fourth-order valence-corrected chi connectivity index (χ4v) is 3.87. The van der Waals surface area contributed by atoms with Gasteiger partial charge in [0, 0.05) is 18.6 Å². The van der Waals surface area contributed by atoms with E-state index in [0.29, 0.717) is 23.8 Å². The van der Waals surface area contributed by atoms with E-state index in [1.165, 1.54) is 32.1 Å². The topological polar surface area (TPSA) is 46.3 Å². The van der Waals surface area contributed by atoms with Gasteiger partial charge in [0.15, 0.2) is 0 Å². The second-order valence-electron chi connectivity index (χ2n) is 5.79. The maximum atomic E-state index is 12.5. The number of hydrogen-bond donors (Lipinski definition) is 1. The van der Waals surface area contributed by atoms with Crippen molar-refractivity contribution in [1.29, 1.82) is 0 Å². The van der Waals surface area contributed by atoms with Gasteiger partial charge in [-0.25, -0.2) is 0 Å². The fourth-order valence-electron chi connectivity index (χ4n) is 3.87. The molecule has 0 radical (unpaired) electrons. The molecule has 3 heteroatoms. The first-order chi connectivity index (χ1) is 7.72. The van der Waals surface area contributed by atoms with Crippen molar-refractivity contribution in [2.75, 3.05) is 6.54 Å². The molecular formula is C13H22N2O. The van der Waals surface area contributed by atoms with Gasteiger partial charge in [-0.1, -0.05) is 0 Å². The molecule has 0 spiro atoms. The van der Waals surface area contributed by atoms with E-state index in [1.807, 2.05) is 0 Å². The Bertz CT molecular complexity index is 298. The molecular weight excluding hydrogens is 200 g/mol. The molecule has 3 aliphatic carbocycles. The Morgan fingerprint density at radius 2 is 1.94 bits per heavy atom. The van der Waals surface area contributed by atoms with Gasteiger partial charge in [-0.15, -0.1) is 0 Å². The molecule has 3 rings (SSSR count). The Labute approximate surface area is 97.4 Å². The predicted molar refractivity (Wildman–Crippen MR) is 62.7 cm³/mol. The zero-order valence-electron chi connectivity index (χ0n) is 10.1. The van der Waals surface area contributed by atoms with E-state index >= 15 is 0 Å². The van der Waals surface area contributed by atoms with Crippen molar-refractivity contribution in [3.63, 3.8) is 0 Å². The average molecular weight is 222 g/mol. The summed E-state index contributed by atoms with van der Waals surface area (Å²) >= 11 is 0. The Hall–Kier alpha value is -0.570. The normalized spacial score (nSPS) is 41.4. The van der Waals surface area contributed by atoms with Crippen LogP contribution in [0.4, 0.5) is 0 Å². The summed E-state index contributed by atoms with van der Waals surface area (Å²) in [4.78, 5) is 14.6. The highest BCUT2D eigenvalue weighted by atomic mass is 16.2. The molecule has 4 atom stereocenters. The van der Waals surface area contributed by atoms with Gasteiger partial charge in [0.05, 0.1) is 5.92 Å². The molecule has 3 nitrogen and oxygen atoms in total. The van der Waals surface area contributed by atoms with E-state index in [2.05, 4.69) is 11.8 Å². The van der Waals surface area contributed by atoms with Gasteiger partial charge in [0.25, 0.3) is 0 Å². The molecule has 16 heavy (non-hydrogen) atoms. The highest BCUT2D eigenvalue weighted by molar-refractivity contribution is 5.81. The van der Waals surface area contributed by atoms with Crippen LogP contribution >= 0.6 is 0 Å². The lowest BCUT2D eigenvalue weighted by Gasteiger charge is -2.32. The average Bonchev–Trinajstić information content (AvgIpc) is 2.90. The number of rotatable bonds is 3. The Kier molecular flexibility index (Phi) is 2.46. The zero-order chi connectivity index (χ0) is 11.3. The van der Waals surface area contributed by atoms with Crippen molar-refractivity contribution in [2.24, 2.45) is 23.5 Å². The van der Waals surface area contributed by atoms with Gasteiger partial charge < -0.3 is 10.6 Å². The maximum absolute atomic E-state index is 12.5. The maximum Gasteiger partial charge on any atom is 0.227 e. The minimum Gasteiger partial charge on any atom is -0.340 e. The second-order valence-corrected chi connectivity index (χ2v) is 5.79. The molecule has 3 saturated carbocycles. The van der Waals surface area contributed by atoms with Crippen LogP contribution in [0.15, 0.2) is 0 Å². The number of amides is 1. The molecule has 0 aromatic rings. The molecule has 0 heterocycles. The third-order valence-electron chi connectivity index (χ3n) is 4.88. The Balaban J connectivity index is 1.74. The minimum atomic E-state index is 0.152. The Morgan fingerprint density at radius 3 is 2.44 bits per heavy atom. The number of carbonyl (C=O) groups excluding carboxylic acids is 1. The quantitative estimate of drug-likeness (QED) is 0.784. The lowest BCUT2D eigenvalue weighted by atomic mass is 9.84. The lowest BCUT2D eigenvalue weighted by molar-refractivity contribution is -0.138. The van der Waals surface area contributed by atoms with E-state index in [9.17, 15) is 4.79 Å². The summed E-state index contributed by atoms with van der Waals surface area (Å²) in [7, 11) is 0. The minimum absolute atomic E-state index is 0.152. The van der Waals surface area contributed by atoms with Crippen LogP contribution in [-0.2, 0) is 4.79 Å². The van der Waals surface area contributed by atoms with E-state index in [-0.39, 0.29) is 12.0 Å². The number of nitrogens with zero attached hydrogens (tertiary/aromatic N) is 1. The van der Waals surface area contributed by atoms with Gasteiger partial charge in [0.1, 0.15) is 0 Å². The second kappa shape index (κ2) is 3.73. The van der Waals surface area contributed by atoms with Crippen molar-refractivity contribution in [2.45, 2.75) is 51.1 Å². The van der Waals surface area contributed by atoms with Gasteiger partial charge in [-0.3, -0.25) is 4.79 Å². The van der Waals surface area contributed by atoms with Crippen LogP contribution in [0.25, 0.3) is 0 Å². The van der Waals surface area contributed by atoms with Gasteiger partial charge in [-0.05, 0) is 50.9 Å². The standard InChI is InChI=1S/C13H22N2O/c1-2-15(10-5-6-10)13(16)11-8-3-4-9(7-8)12(11)14/h8-12H,2-7,14H2,1H3. The summed E-state index contributed by atoms with van der Waals surface area (Å²) in [6, 6.07) is 0.697. The van der Waals surface area contributed by atoms with E-state index in [4.69, 9.17) is 5.73 Å². The molecule has 3 aliphatic rings. The molecule has 1 amide bonds. The molecule has 0 aliphatic heterocycles. The van der Waals surface area contributed by atoms with Gasteiger partial charge in [-0.2, -0.15) is 0 Å². The predicted octanol–water partition coefficient (Wildman–Crippen LogP) is 1.37. The third-order valence-corrected chi connectivity index (χ3v) is 4.88. The lowest BCUT2D eigenvalue weighted by Crippen LogP contribution is -2.47. The fraction of sp³-hybridized carbons (Fsp3) is 0.923. The summed E-state index contributed by atoms with van der Waals surface area (Å²) in [5.74, 6) is 1.75. The highest BCUT2D eigenvalue weighted by Gasteiger charge is 2.51. The van der Waals surface area contributed by atoms with Crippen molar-refractivity contribution < 1.29 is 4.79 Å². The van der Waals surface area contributed by atoms with Crippen molar-refractivity contribution in [1.82, 2.24) is 4.90 Å². The molecule has 3 fully saturated rings. The summed E-state index contributed by atoms with van der Waals surface area (Å²) in [6.45, 7) is 2.96. The number of fused-ring (bicyclic) bond motifs is 2. The third kappa shape index (κ3) is 1.48. The first-order valence-corrected chi connectivity index (χ1v) is 6.78. The largest absolute Gasteiger partial charge is 0.340 e. The molecule has 0 aromatic carbocycles. The number of carbonyl (C=O) groups is 1. The molecule has 0 aromatic heterocycles. The summed E-state index contributed by atoms with van der Waals surface area (Å²) in [5.41, 5.74) is 6.23. The molecule has 4 unspecified atom stereocenters. The number of hydrogen-bond acceptors (Lipinski definition) is 2. The summed E-state index contributed by atoms with van der Waals surface area (Å²) < 4.78 is 0. The van der Waals surface area contributed by atoms with Crippen LogP contribution < -0.4 is 5.73 Å². The van der Waals surface area contributed by atoms with Crippen molar-refractivity contribution in [3.8, 4) is 0 Å². The van der Waals surface area contributed by atoms with Crippen molar-refractivity contribution in [3.05, 3.63) is 0 Å².